The molecule has 0 unspecified atom stereocenters. The summed E-state index contributed by atoms with van der Waals surface area (Å²) in [6.07, 6.45) is 0.980. The van der Waals surface area contributed by atoms with E-state index in [0.29, 0.717) is 64.6 Å². The van der Waals surface area contributed by atoms with Gasteiger partial charge in [0, 0.05) is 80.2 Å². The lowest BCUT2D eigenvalue weighted by molar-refractivity contribution is 0.0702. The van der Waals surface area contributed by atoms with E-state index in [-0.39, 0.29) is 12.8 Å². The highest BCUT2D eigenvalue weighted by Gasteiger charge is 2.64. The van der Waals surface area contributed by atoms with Crippen molar-refractivity contribution in [2.24, 2.45) is 0 Å². The smallest absolute Gasteiger partial charge is 0.374 e. The van der Waals surface area contributed by atoms with Crippen molar-refractivity contribution in [3.8, 4) is 0 Å². The molecule has 0 bridgehead atoms. The summed E-state index contributed by atoms with van der Waals surface area (Å²) in [4.78, 5) is -1.64. The summed E-state index contributed by atoms with van der Waals surface area (Å²) in [5.41, 5.74) is 0. The van der Waals surface area contributed by atoms with Crippen molar-refractivity contribution in [2.75, 3.05) is 68.1 Å². The highest BCUT2D eigenvalue weighted by Crippen LogP contribution is 2.80. The van der Waals surface area contributed by atoms with Crippen LogP contribution in [0.3, 0.4) is 0 Å². The first-order valence-corrected chi connectivity index (χ1v) is 20.7. The van der Waals surface area contributed by atoms with Crippen molar-refractivity contribution in [3.05, 3.63) is 0 Å². The van der Waals surface area contributed by atoms with E-state index in [1.807, 2.05) is 41.5 Å². The molecule has 0 heterocycles. The van der Waals surface area contributed by atoms with Crippen LogP contribution in [0.2, 0.25) is 12.1 Å². The molecule has 0 aliphatic rings. The topological polar surface area (TPSA) is 126 Å². The third kappa shape index (κ3) is 10.3. The van der Waals surface area contributed by atoms with E-state index in [9.17, 15) is 9.13 Å². The van der Waals surface area contributed by atoms with Crippen molar-refractivity contribution < 1.29 is 53.8 Å². The second kappa shape index (κ2) is 19.6. The Hall–Kier alpha value is 0.494. The summed E-state index contributed by atoms with van der Waals surface area (Å²) in [5, 5.41) is 0. The fourth-order valence-corrected chi connectivity index (χ4v) is 15.6. The van der Waals surface area contributed by atoms with Crippen LogP contribution in [0.15, 0.2) is 0 Å². The predicted molar refractivity (Wildman–Crippen MR) is 155 cm³/mol. The Balaban J connectivity index is 6.55. The minimum Gasteiger partial charge on any atom is -0.374 e. The molecule has 16 heteroatoms. The molecule has 0 atom stereocenters. The van der Waals surface area contributed by atoms with Crippen molar-refractivity contribution in [3.63, 3.8) is 0 Å². The largest absolute Gasteiger partial charge is 0.500 e. The van der Waals surface area contributed by atoms with Gasteiger partial charge in [0.1, 0.15) is 0 Å². The SMILES string of the molecule is CCO[Si](CCCC(CCC[Si](OCC)(OCC)OCC)(P(=O)(OC)OC)P(=O)(OC)OC)(OCC)OCC. The molecular formula is C23H54O12P2Si2. The Kier molecular flexibility index (Phi) is 19.9. The van der Waals surface area contributed by atoms with Gasteiger partial charge in [0.05, 0.1) is 0 Å². The summed E-state index contributed by atoms with van der Waals surface area (Å²) in [5.74, 6) is 0. The molecule has 236 valence electrons. The van der Waals surface area contributed by atoms with E-state index in [0.717, 1.165) is 0 Å². The van der Waals surface area contributed by atoms with Gasteiger partial charge in [-0.3, -0.25) is 9.13 Å². The molecule has 0 aliphatic heterocycles. The molecule has 39 heavy (non-hydrogen) atoms. The Bertz CT molecular complexity index is 636. The van der Waals surface area contributed by atoms with Gasteiger partial charge in [-0.2, -0.15) is 0 Å². The molecule has 12 nitrogen and oxygen atoms in total. The Labute approximate surface area is 238 Å². The van der Waals surface area contributed by atoms with Crippen LogP contribution >= 0.6 is 15.2 Å². The lowest BCUT2D eigenvalue weighted by Gasteiger charge is -2.42. The minimum atomic E-state index is -4.06. The molecule has 0 rings (SSSR count). The average molecular weight is 641 g/mol. The lowest BCUT2D eigenvalue weighted by atomic mass is 10.1. The molecule has 0 spiro atoms. The van der Waals surface area contributed by atoms with Gasteiger partial charge in [-0.25, -0.2) is 0 Å². The zero-order chi connectivity index (χ0) is 30.1. The van der Waals surface area contributed by atoms with Crippen LogP contribution in [-0.2, 0) is 53.8 Å². The third-order valence-electron chi connectivity index (χ3n) is 6.29. The van der Waals surface area contributed by atoms with Gasteiger partial charge < -0.3 is 44.7 Å². The average Bonchev–Trinajstić information content (AvgIpc) is 2.92. The van der Waals surface area contributed by atoms with Crippen LogP contribution in [0, 0.1) is 0 Å². The number of hydrogen-bond acceptors (Lipinski definition) is 12. The van der Waals surface area contributed by atoms with E-state index in [1.54, 1.807) is 0 Å². The third-order valence-corrected chi connectivity index (χ3v) is 18.9. The van der Waals surface area contributed by atoms with Crippen LogP contribution in [0.25, 0.3) is 0 Å². The maximum Gasteiger partial charge on any atom is 0.500 e. The molecular weight excluding hydrogens is 586 g/mol. The minimum absolute atomic E-state index is 0.110. The van der Waals surface area contributed by atoms with Gasteiger partial charge in [-0.1, -0.05) is 0 Å². The molecule has 0 aromatic rings. The number of rotatable bonds is 26. The molecule has 0 aromatic heterocycles. The van der Waals surface area contributed by atoms with Crippen molar-refractivity contribution >= 4 is 32.8 Å². The summed E-state index contributed by atoms with van der Waals surface area (Å²) in [6.45, 7) is 13.8. The molecule has 0 saturated carbocycles. The zero-order valence-electron chi connectivity index (χ0n) is 25.8. The van der Waals surface area contributed by atoms with E-state index >= 15 is 0 Å². The summed E-state index contributed by atoms with van der Waals surface area (Å²) in [7, 11) is -9.12. The van der Waals surface area contributed by atoms with Crippen molar-refractivity contribution in [1.29, 1.82) is 0 Å². The van der Waals surface area contributed by atoms with Gasteiger partial charge in [-0.05, 0) is 67.2 Å². The molecule has 0 radical (unpaired) electrons. The van der Waals surface area contributed by atoms with Gasteiger partial charge >= 0.3 is 32.8 Å². The van der Waals surface area contributed by atoms with Crippen LogP contribution in [0.4, 0.5) is 0 Å². The Morgan fingerprint density at radius 3 is 0.897 bits per heavy atom. The first kappa shape index (κ1) is 39.5. The van der Waals surface area contributed by atoms with E-state index in [1.165, 1.54) is 28.4 Å². The second-order valence-electron chi connectivity index (χ2n) is 8.38. The Morgan fingerprint density at radius 2 is 0.718 bits per heavy atom. The normalized spacial score (nSPS) is 13.8. The molecule has 0 amide bonds. The monoisotopic (exact) mass is 640 g/mol. The van der Waals surface area contributed by atoms with Gasteiger partial charge in [0.15, 0.2) is 4.90 Å². The first-order valence-electron chi connectivity index (χ1n) is 13.8. The fraction of sp³-hybridized carbons (Fsp3) is 1.00. The van der Waals surface area contributed by atoms with Crippen LogP contribution in [-0.4, -0.2) is 90.6 Å². The maximum absolute atomic E-state index is 14.3. The quantitative estimate of drug-likeness (QED) is 0.0776. The molecule has 0 fully saturated rings. The van der Waals surface area contributed by atoms with Gasteiger partial charge in [-0.15, -0.1) is 0 Å². The fourth-order valence-electron chi connectivity index (χ4n) is 4.83. The van der Waals surface area contributed by atoms with E-state index in [4.69, 9.17) is 44.7 Å². The van der Waals surface area contributed by atoms with Crippen molar-refractivity contribution in [1.82, 2.24) is 0 Å². The second-order valence-corrected chi connectivity index (χ2v) is 19.4. The van der Waals surface area contributed by atoms with Crippen LogP contribution < -0.4 is 0 Å². The van der Waals surface area contributed by atoms with E-state index in [2.05, 4.69) is 0 Å². The highest BCUT2D eigenvalue weighted by atomic mass is 31.2. The maximum atomic E-state index is 14.3. The van der Waals surface area contributed by atoms with Crippen LogP contribution in [0.5, 0.6) is 0 Å². The zero-order valence-corrected chi connectivity index (χ0v) is 29.6. The summed E-state index contributed by atoms with van der Waals surface area (Å²) >= 11 is 0. The number of hydrogen-bond donors (Lipinski definition) is 0. The first-order chi connectivity index (χ1) is 18.5. The molecule has 0 N–H and O–H groups in total. The van der Waals surface area contributed by atoms with Crippen molar-refractivity contribution in [2.45, 2.75) is 84.2 Å². The van der Waals surface area contributed by atoms with Gasteiger partial charge in [0.25, 0.3) is 0 Å². The van der Waals surface area contributed by atoms with Gasteiger partial charge in [0.2, 0.25) is 0 Å². The standard InChI is InChI=1S/C23H54O12P2Si2/c1-11-30-38(31-12-2,32-13-3)21-17-19-23(36(24,26-7)27-8,37(25,28-9)29-10)20-18-22-39(33-14-4,34-15-5)35-16-6/h11-22H2,1-10H3. The molecule has 0 aliphatic carbocycles. The lowest BCUT2D eigenvalue weighted by Crippen LogP contribution is -2.47. The van der Waals surface area contributed by atoms with E-state index < -0.39 is 37.7 Å². The molecule has 0 saturated heterocycles. The van der Waals surface area contributed by atoms with Crippen LogP contribution in [0.1, 0.15) is 67.2 Å². The Morgan fingerprint density at radius 1 is 0.487 bits per heavy atom. The summed E-state index contributed by atoms with van der Waals surface area (Å²) < 4.78 is 86.5. The molecule has 0 aromatic carbocycles. The predicted octanol–water partition coefficient (Wildman–Crippen LogP) is 6.31. The highest BCUT2D eigenvalue weighted by molar-refractivity contribution is 7.74. The summed E-state index contributed by atoms with van der Waals surface area (Å²) in [6, 6.07) is 0.807.